The number of methoxy groups -OCH3 is 3. The van der Waals surface area contributed by atoms with E-state index < -0.39 is 5.97 Å². The fourth-order valence-electron chi connectivity index (χ4n) is 3.42. The van der Waals surface area contributed by atoms with E-state index in [1.54, 1.807) is 36.4 Å². The molecule has 0 amide bonds. The van der Waals surface area contributed by atoms with Crippen molar-refractivity contribution in [2.24, 2.45) is 0 Å². The molecule has 0 saturated heterocycles. The van der Waals surface area contributed by atoms with Gasteiger partial charge in [0.15, 0.2) is 16.9 Å². The molecule has 168 valence electrons. The Morgan fingerprint density at radius 2 is 1.48 bits per heavy atom. The molecule has 0 spiro atoms. The summed E-state index contributed by atoms with van der Waals surface area (Å²) in [6, 6.07) is 16.5. The fraction of sp³-hybridized carbons (Fsp3) is 0.154. The van der Waals surface area contributed by atoms with Crippen molar-refractivity contribution in [2.45, 2.75) is 6.92 Å². The van der Waals surface area contributed by atoms with E-state index in [1.165, 1.54) is 33.5 Å². The Hall–Kier alpha value is -4.26. The van der Waals surface area contributed by atoms with Gasteiger partial charge in [-0.3, -0.25) is 4.79 Å². The average molecular weight is 446 g/mol. The minimum absolute atomic E-state index is 0.251. The highest BCUT2D eigenvalue weighted by atomic mass is 16.5. The molecule has 0 aliphatic rings. The lowest BCUT2D eigenvalue weighted by Crippen LogP contribution is -2.09. The van der Waals surface area contributed by atoms with Crippen molar-refractivity contribution in [3.05, 3.63) is 82.0 Å². The van der Waals surface area contributed by atoms with Gasteiger partial charge in [0, 0.05) is 11.6 Å². The SMILES string of the molecule is COc1cc(-c2cc(=O)c3cc(OC(=O)c4ccc(C)cc4)ccc3o2)cc(OC)c1OC. The van der Waals surface area contributed by atoms with Gasteiger partial charge in [0.25, 0.3) is 0 Å². The molecule has 4 rings (SSSR count). The van der Waals surface area contributed by atoms with Gasteiger partial charge in [-0.2, -0.15) is 0 Å². The fourth-order valence-corrected chi connectivity index (χ4v) is 3.42. The molecule has 0 radical (unpaired) electrons. The average Bonchev–Trinajstić information content (AvgIpc) is 2.83. The highest BCUT2D eigenvalue weighted by Crippen LogP contribution is 2.41. The minimum Gasteiger partial charge on any atom is -0.493 e. The first-order valence-electron chi connectivity index (χ1n) is 10.1. The van der Waals surface area contributed by atoms with Crippen molar-refractivity contribution >= 4 is 16.9 Å². The van der Waals surface area contributed by atoms with Crippen LogP contribution < -0.4 is 24.4 Å². The maximum atomic E-state index is 12.9. The van der Waals surface area contributed by atoms with E-state index in [9.17, 15) is 9.59 Å². The van der Waals surface area contributed by atoms with E-state index in [-0.39, 0.29) is 11.2 Å². The molecule has 7 heteroatoms. The quantitative estimate of drug-likeness (QED) is 0.304. The number of hydrogen-bond donors (Lipinski definition) is 0. The van der Waals surface area contributed by atoms with Crippen LogP contribution in [0.2, 0.25) is 0 Å². The molecule has 0 bridgehead atoms. The molecule has 1 heterocycles. The highest BCUT2D eigenvalue weighted by molar-refractivity contribution is 5.91. The van der Waals surface area contributed by atoms with Gasteiger partial charge in [0.2, 0.25) is 5.75 Å². The van der Waals surface area contributed by atoms with Gasteiger partial charge in [-0.05, 0) is 49.4 Å². The van der Waals surface area contributed by atoms with Gasteiger partial charge in [0.05, 0.1) is 32.3 Å². The Balaban J connectivity index is 1.70. The molecule has 4 aromatic rings. The van der Waals surface area contributed by atoms with E-state index in [4.69, 9.17) is 23.4 Å². The predicted octanol–water partition coefficient (Wildman–Crippen LogP) is 5.01. The van der Waals surface area contributed by atoms with Crippen LogP contribution in [0.3, 0.4) is 0 Å². The van der Waals surface area contributed by atoms with E-state index in [0.717, 1.165) is 5.56 Å². The first kappa shape index (κ1) is 22.0. The first-order valence-corrected chi connectivity index (χ1v) is 10.1. The van der Waals surface area contributed by atoms with Crippen molar-refractivity contribution in [2.75, 3.05) is 21.3 Å². The summed E-state index contributed by atoms with van der Waals surface area (Å²) in [5, 5.41) is 0.292. The molecular weight excluding hydrogens is 424 g/mol. The number of carbonyl (C=O) groups excluding carboxylic acids is 1. The van der Waals surface area contributed by atoms with Gasteiger partial charge in [-0.1, -0.05) is 17.7 Å². The normalized spacial score (nSPS) is 10.7. The summed E-state index contributed by atoms with van der Waals surface area (Å²) in [4.78, 5) is 25.3. The Labute approximate surface area is 190 Å². The Morgan fingerprint density at radius 1 is 0.818 bits per heavy atom. The number of aryl methyl sites for hydroxylation is 1. The molecule has 0 aliphatic carbocycles. The zero-order valence-electron chi connectivity index (χ0n) is 18.6. The van der Waals surface area contributed by atoms with Crippen molar-refractivity contribution in [1.82, 2.24) is 0 Å². The van der Waals surface area contributed by atoms with Crippen LogP contribution in [0, 0.1) is 6.92 Å². The minimum atomic E-state index is -0.507. The summed E-state index contributed by atoms with van der Waals surface area (Å²) in [6.07, 6.45) is 0. The Bertz CT molecular complexity index is 1360. The van der Waals surface area contributed by atoms with Crippen LogP contribution in [-0.4, -0.2) is 27.3 Å². The number of fused-ring (bicyclic) bond motifs is 1. The Kier molecular flexibility index (Phi) is 6.04. The van der Waals surface area contributed by atoms with E-state index in [2.05, 4.69) is 0 Å². The summed E-state index contributed by atoms with van der Waals surface area (Å²) in [5.74, 6) is 1.39. The van der Waals surface area contributed by atoms with Crippen LogP contribution in [-0.2, 0) is 0 Å². The second kappa shape index (κ2) is 9.08. The lowest BCUT2D eigenvalue weighted by Gasteiger charge is -2.14. The monoisotopic (exact) mass is 446 g/mol. The van der Waals surface area contributed by atoms with E-state index >= 15 is 0 Å². The van der Waals surface area contributed by atoms with Gasteiger partial charge >= 0.3 is 5.97 Å². The number of hydrogen-bond acceptors (Lipinski definition) is 7. The van der Waals surface area contributed by atoms with Crippen LogP contribution in [0.1, 0.15) is 15.9 Å². The summed E-state index contributed by atoms with van der Waals surface area (Å²) < 4.78 is 27.5. The number of esters is 1. The van der Waals surface area contributed by atoms with Crippen LogP contribution in [0.15, 0.2) is 69.9 Å². The second-order valence-electron chi connectivity index (χ2n) is 7.30. The van der Waals surface area contributed by atoms with Gasteiger partial charge in [0.1, 0.15) is 17.1 Å². The number of ether oxygens (including phenoxy) is 4. The van der Waals surface area contributed by atoms with Crippen LogP contribution in [0.5, 0.6) is 23.0 Å². The molecule has 0 aliphatic heterocycles. The second-order valence-corrected chi connectivity index (χ2v) is 7.30. The van der Waals surface area contributed by atoms with Gasteiger partial charge in [-0.15, -0.1) is 0 Å². The number of rotatable bonds is 6. The molecule has 0 unspecified atom stereocenters. The molecule has 0 fully saturated rings. The molecule has 1 aromatic heterocycles. The summed E-state index contributed by atoms with van der Waals surface area (Å²) in [5.41, 5.74) is 2.11. The van der Waals surface area contributed by atoms with E-state index in [0.29, 0.717) is 45.1 Å². The van der Waals surface area contributed by atoms with Crippen molar-refractivity contribution in [1.29, 1.82) is 0 Å². The summed E-state index contributed by atoms with van der Waals surface area (Å²) in [7, 11) is 4.54. The summed E-state index contributed by atoms with van der Waals surface area (Å²) >= 11 is 0. The molecule has 3 aromatic carbocycles. The maximum absolute atomic E-state index is 12.9. The highest BCUT2D eigenvalue weighted by Gasteiger charge is 2.17. The number of carbonyl (C=O) groups is 1. The third kappa shape index (κ3) is 4.39. The zero-order chi connectivity index (χ0) is 23.5. The maximum Gasteiger partial charge on any atom is 0.343 e. The zero-order valence-corrected chi connectivity index (χ0v) is 18.6. The third-order valence-electron chi connectivity index (χ3n) is 5.15. The predicted molar refractivity (Wildman–Crippen MR) is 124 cm³/mol. The van der Waals surface area contributed by atoms with Crippen molar-refractivity contribution < 1.29 is 28.2 Å². The number of benzene rings is 3. The lowest BCUT2D eigenvalue weighted by atomic mass is 10.1. The molecule has 0 saturated carbocycles. The van der Waals surface area contributed by atoms with Crippen LogP contribution in [0.25, 0.3) is 22.3 Å². The molecule has 33 heavy (non-hydrogen) atoms. The lowest BCUT2D eigenvalue weighted by molar-refractivity contribution is 0.0735. The molecule has 0 atom stereocenters. The van der Waals surface area contributed by atoms with Crippen molar-refractivity contribution in [3.63, 3.8) is 0 Å². The van der Waals surface area contributed by atoms with E-state index in [1.807, 2.05) is 19.1 Å². The van der Waals surface area contributed by atoms with Crippen LogP contribution in [0.4, 0.5) is 0 Å². The topological polar surface area (TPSA) is 84.2 Å². The van der Waals surface area contributed by atoms with Gasteiger partial charge in [-0.25, -0.2) is 4.79 Å². The molecule has 7 nitrogen and oxygen atoms in total. The molecular formula is C26H22O7. The van der Waals surface area contributed by atoms with Crippen LogP contribution >= 0.6 is 0 Å². The molecule has 0 N–H and O–H groups in total. The van der Waals surface area contributed by atoms with Gasteiger partial charge < -0.3 is 23.4 Å². The standard InChI is InChI=1S/C26H22O7/c1-15-5-7-16(8-6-15)26(28)32-18-9-10-21-19(13-18)20(27)14-22(33-21)17-11-23(29-2)25(31-4)24(12-17)30-3/h5-14H,1-4H3. The largest absolute Gasteiger partial charge is 0.493 e. The first-order chi connectivity index (χ1) is 15.9. The Morgan fingerprint density at radius 3 is 2.09 bits per heavy atom. The summed E-state index contributed by atoms with van der Waals surface area (Å²) in [6.45, 7) is 1.93. The smallest absolute Gasteiger partial charge is 0.343 e. The van der Waals surface area contributed by atoms with Crippen molar-refractivity contribution in [3.8, 4) is 34.3 Å². The third-order valence-corrected chi connectivity index (χ3v) is 5.15.